The number of aromatic amines is 1. The molecule has 0 unspecified atom stereocenters. The highest BCUT2D eigenvalue weighted by Gasteiger charge is 2.10. The number of aromatic nitrogens is 1. The van der Waals surface area contributed by atoms with Crippen LogP contribution in [0.4, 0.5) is 0 Å². The van der Waals surface area contributed by atoms with Crippen molar-refractivity contribution in [3.05, 3.63) is 96.1 Å². The zero-order chi connectivity index (χ0) is 15.6. The molecule has 0 amide bonds. The van der Waals surface area contributed by atoms with Gasteiger partial charge in [0.1, 0.15) is 0 Å². The van der Waals surface area contributed by atoms with E-state index in [9.17, 15) is 4.79 Å². The Labute approximate surface area is 134 Å². The summed E-state index contributed by atoms with van der Waals surface area (Å²) in [5.41, 5.74) is 4.55. The minimum absolute atomic E-state index is 0.0450. The van der Waals surface area contributed by atoms with Crippen molar-refractivity contribution >= 4 is 16.7 Å². The van der Waals surface area contributed by atoms with Gasteiger partial charge in [0.25, 0.3) is 0 Å². The van der Waals surface area contributed by atoms with E-state index in [0.29, 0.717) is 11.1 Å². The average molecular weight is 297 g/mol. The molecule has 0 bridgehead atoms. The topological polar surface area (TPSA) is 32.9 Å². The fraction of sp³-hybridized carbons (Fsp3) is 0. The molecule has 1 aromatic heterocycles. The fourth-order valence-corrected chi connectivity index (χ4v) is 2.81. The maximum absolute atomic E-state index is 12.6. The van der Waals surface area contributed by atoms with Gasteiger partial charge in [-0.1, -0.05) is 66.7 Å². The minimum Gasteiger partial charge on any atom is -0.355 e. The lowest BCUT2D eigenvalue weighted by atomic mass is 10.0. The minimum atomic E-state index is 0.0450. The summed E-state index contributed by atoms with van der Waals surface area (Å²) in [5, 5.41) is 1.17. The molecule has 3 aromatic carbocycles. The first-order valence-corrected chi connectivity index (χ1v) is 7.59. The molecule has 0 aliphatic carbocycles. The van der Waals surface area contributed by atoms with Crippen LogP contribution in [0.5, 0.6) is 0 Å². The Morgan fingerprint density at radius 2 is 1.43 bits per heavy atom. The first-order valence-electron chi connectivity index (χ1n) is 7.59. The van der Waals surface area contributed by atoms with E-state index < -0.39 is 0 Å². The number of nitrogens with one attached hydrogen (secondary N) is 1. The van der Waals surface area contributed by atoms with Crippen molar-refractivity contribution in [2.75, 3.05) is 0 Å². The number of ketones is 1. The summed E-state index contributed by atoms with van der Waals surface area (Å²) >= 11 is 0. The van der Waals surface area contributed by atoms with Crippen LogP contribution in [0.25, 0.3) is 22.2 Å². The Morgan fingerprint density at radius 1 is 0.696 bits per heavy atom. The zero-order valence-electron chi connectivity index (χ0n) is 12.5. The molecule has 2 nitrogen and oxygen atoms in total. The van der Waals surface area contributed by atoms with Gasteiger partial charge in [-0.25, -0.2) is 0 Å². The normalized spacial score (nSPS) is 10.8. The lowest BCUT2D eigenvalue weighted by Crippen LogP contribution is -2.00. The SMILES string of the molecule is O=C(c1ccccc1)c1cccc(-c2cc3ccccc3[nH]2)c1. The van der Waals surface area contributed by atoms with E-state index in [1.54, 1.807) is 0 Å². The number of carbonyl (C=O) groups is 1. The van der Waals surface area contributed by atoms with Crippen LogP contribution in [0.15, 0.2) is 84.9 Å². The van der Waals surface area contributed by atoms with Crippen molar-refractivity contribution < 1.29 is 4.79 Å². The van der Waals surface area contributed by atoms with E-state index in [-0.39, 0.29) is 5.78 Å². The molecule has 0 aliphatic rings. The molecule has 4 rings (SSSR count). The maximum atomic E-state index is 12.6. The molecule has 0 atom stereocenters. The van der Waals surface area contributed by atoms with Crippen molar-refractivity contribution in [1.82, 2.24) is 4.98 Å². The number of hydrogen-bond acceptors (Lipinski definition) is 1. The first-order chi connectivity index (χ1) is 11.3. The standard InChI is InChI=1S/C21H15NO/c23-21(15-7-2-1-3-8-15)18-11-6-10-16(13-18)20-14-17-9-4-5-12-19(17)22-20/h1-14,22H. The molecule has 110 valence electrons. The highest BCUT2D eigenvalue weighted by molar-refractivity contribution is 6.09. The largest absolute Gasteiger partial charge is 0.355 e. The molecular weight excluding hydrogens is 282 g/mol. The van der Waals surface area contributed by atoms with Crippen molar-refractivity contribution in [2.45, 2.75) is 0 Å². The van der Waals surface area contributed by atoms with Crippen molar-refractivity contribution in [3.8, 4) is 11.3 Å². The Kier molecular flexibility index (Phi) is 3.28. The number of H-pyrrole nitrogens is 1. The van der Waals surface area contributed by atoms with Gasteiger partial charge in [-0.05, 0) is 23.8 Å². The Bertz CT molecular complexity index is 950. The molecule has 0 aliphatic heterocycles. The van der Waals surface area contributed by atoms with Crippen LogP contribution < -0.4 is 0 Å². The van der Waals surface area contributed by atoms with Crippen LogP contribution in [0.2, 0.25) is 0 Å². The number of fused-ring (bicyclic) bond motifs is 1. The van der Waals surface area contributed by atoms with Gasteiger partial charge in [0.2, 0.25) is 0 Å². The van der Waals surface area contributed by atoms with Gasteiger partial charge < -0.3 is 4.98 Å². The van der Waals surface area contributed by atoms with Crippen LogP contribution in [0.1, 0.15) is 15.9 Å². The van der Waals surface area contributed by atoms with Gasteiger partial charge in [-0.15, -0.1) is 0 Å². The first kappa shape index (κ1) is 13.5. The number of para-hydroxylation sites is 1. The van der Waals surface area contributed by atoms with Crippen molar-refractivity contribution in [1.29, 1.82) is 0 Å². The van der Waals surface area contributed by atoms with Gasteiger partial charge in [0.15, 0.2) is 5.78 Å². The molecule has 0 saturated heterocycles. The summed E-state index contributed by atoms with van der Waals surface area (Å²) in [6, 6.07) is 27.4. The summed E-state index contributed by atoms with van der Waals surface area (Å²) in [7, 11) is 0. The highest BCUT2D eigenvalue weighted by atomic mass is 16.1. The van der Waals surface area contributed by atoms with E-state index in [1.165, 1.54) is 5.39 Å². The van der Waals surface area contributed by atoms with E-state index in [4.69, 9.17) is 0 Å². The molecule has 0 saturated carbocycles. The van der Waals surface area contributed by atoms with Gasteiger partial charge in [-0.2, -0.15) is 0 Å². The number of benzene rings is 3. The zero-order valence-corrected chi connectivity index (χ0v) is 12.5. The summed E-state index contributed by atoms with van der Waals surface area (Å²) in [6.07, 6.45) is 0. The third-order valence-electron chi connectivity index (χ3n) is 4.00. The van der Waals surface area contributed by atoms with E-state index in [2.05, 4.69) is 23.2 Å². The van der Waals surface area contributed by atoms with E-state index in [0.717, 1.165) is 16.8 Å². The number of carbonyl (C=O) groups excluding carboxylic acids is 1. The second kappa shape index (κ2) is 5.58. The van der Waals surface area contributed by atoms with Gasteiger partial charge in [-0.3, -0.25) is 4.79 Å². The lowest BCUT2D eigenvalue weighted by Gasteiger charge is -2.04. The molecule has 2 heteroatoms. The molecular formula is C21H15NO. The predicted molar refractivity (Wildman–Crippen MR) is 93.6 cm³/mol. The van der Waals surface area contributed by atoms with Crippen LogP contribution in [0, 0.1) is 0 Å². The fourth-order valence-electron chi connectivity index (χ4n) is 2.81. The Morgan fingerprint density at radius 3 is 2.26 bits per heavy atom. The second-order valence-electron chi connectivity index (χ2n) is 5.55. The molecule has 1 N–H and O–H groups in total. The van der Waals surface area contributed by atoms with Crippen LogP contribution >= 0.6 is 0 Å². The smallest absolute Gasteiger partial charge is 0.193 e. The molecule has 0 radical (unpaired) electrons. The third-order valence-corrected chi connectivity index (χ3v) is 4.00. The summed E-state index contributed by atoms with van der Waals surface area (Å²) < 4.78 is 0. The monoisotopic (exact) mass is 297 g/mol. The molecule has 0 spiro atoms. The number of rotatable bonds is 3. The Hall–Kier alpha value is -3.13. The Balaban J connectivity index is 1.75. The van der Waals surface area contributed by atoms with Crippen molar-refractivity contribution in [3.63, 3.8) is 0 Å². The van der Waals surface area contributed by atoms with Crippen molar-refractivity contribution in [2.24, 2.45) is 0 Å². The quantitative estimate of drug-likeness (QED) is 0.526. The van der Waals surface area contributed by atoms with Gasteiger partial charge in [0.05, 0.1) is 0 Å². The molecule has 1 heterocycles. The van der Waals surface area contributed by atoms with Crippen LogP contribution in [-0.2, 0) is 0 Å². The number of hydrogen-bond donors (Lipinski definition) is 1. The van der Waals surface area contributed by atoms with E-state index >= 15 is 0 Å². The summed E-state index contributed by atoms with van der Waals surface area (Å²) in [5.74, 6) is 0.0450. The molecule has 4 aromatic rings. The summed E-state index contributed by atoms with van der Waals surface area (Å²) in [4.78, 5) is 16.0. The van der Waals surface area contributed by atoms with Gasteiger partial charge >= 0.3 is 0 Å². The second-order valence-corrected chi connectivity index (χ2v) is 5.55. The third kappa shape index (κ3) is 2.55. The van der Waals surface area contributed by atoms with E-state index in [1.807, 2.05) is 66.7 Å². The molecule has 23 heavy (non-hydrogen) atoms. The maximum Gasteiger partial charge on any atom is 0.193 e. The van der Waals surface area contributed by atoms with Crippen LogP contribution in [0.3, 0.4) is 0 Å². The predicted octanol–water partition coefficient (Wildman–Crippen LogP) is 5.07. The average Bonchev–Trinajstić information content (AvgIpc) is 3.06. The molecule has 0 fully saturated rings. The van der Waals surface area contributed by atoms with Crippen LogP contribution in [-0.4, -0.2) is 10.8 Å². The highest BCUT2D eigenvalue weighted by Crippen LogP contribution is 2.25. The lowest BCUT2D eigenvalue weighted by molar-refractivity contribution is 0.103. The summed E-state index contributed by atoms with van der Waals surface area (Å²) in [6.45, 7) is 0. The van der Waals surface area contributed by atoms with Gasteiger partial charge in [0, 0.05) is 27.7 Å².